The summed E-state index contributed by atoms with van der Waals surface area (Å²) in [7, 11) is 0. The van der Waals surface area contributed by atoms with Crippen LogP contribution in [0.1, 0.15) is 17.3 Å². The highest BCUT2D eigenvalue weighted by molar-refractivity contribution is 5.91. The normalized spacial score (nSPS) is 9.71. The molecule has 1 aromatic heterocycles. The van der Waals surface area contributed by atoms with E-state index < -0.39 is 5.97 Å². The average molecular weight is 324 g/mol. The zero-order chi connectivity index (χ0) is 17.5. The van der Waals surface area contributed by atoms with Gasteiger partial charge in [0.2, 0.25) is 11.5 Å². The third-order valence-corrected chi connectivity index (χ3v) is 3.09. The lowest BCUT2D eigenvalue weighted by atomic mass is 10.2. The minimum atomic E-state index is -0.977. The summed E-state index contributed by atoms with van der Waals surface area (Å²) in [5.74, 6) is -1.16. The largest absolute Gasteiger partial charge is 0.478 e. The number of H-pyrrole nitrogens is 1. The van der Waals surface area contributed by atoms with E-state index in [0.717, 1.165) is 10.9 Å². The number of aromatic amines is 1. The number of carboxylic acids is 1. The molecule has 122 valence electrons. The van der Waals surface area contributed by atoms with Crippen LogP contribution in [0.15, 0.2) is 65.5 Å². The first-order valence-corrected chi connectivity index (χ1v) is 7.15. The molecule has 0 saturated heterocycles. The monoisotopic (exact) mass is 324 g/mol. The number of carboxylic acid groups (broad SMARTS) is 1. The summed E-state index contributed by atoms with van der Waals surface area (Å²) in [6.45, 7) is 1.39. The van der Waals surface area contributed by atoms with Gasteiger partial charge in [-0.05, 0) is 41.8 Å². The Morgan fingerprint density at radius 1 is 0.958 bits per heavy atom. The Kier molecular flexibility index (Phi) is 5.46. The summed E-state index contributed by atoms with van der Waals surface area (Å²) >= 11 is 0. The summed E-state index contributed by atoms with van der Waals surface area (Å²) < 4.78 is 0. The second-order valence-electron chi connectivity index (χ2n) is 4.97. The number of amides is 1. The van der Waals surface area contributed by atoms with Gasteiger partial charge < -0.3 is 15.4 Å². The van der Waals surface area contributed by atoms with Crippen molar-refractivity contribution < 1.29 is 14.7 Å². The number of anilines is 1. The smallest absolute Gasteiger partial charge is 0.335 e. The van der Waals surface area contributed by atoms with Gasteiger partial charge in [0.15, 0.2) is 0 Å². The molecule has 0 unspecified atom stereocenters. The lowest BCUT2D eigenvalue weighted by Gasteiger charge is -2.01. The van der Waals surface area contributed by atoms with Gasteiger partial charge in [-0.25, -0.2) is 4.79 Å². The van der Waals surface area contributed by atoms with Gasteiger partial charge in [0.1, 0.15) is 0 Å². The number of aromatic carboxylic acids is 1. The van der Waals surface area contributed by atoms with Gasteiger partial charge >= 0.3 is 5.97 Å². The van der Waals surface area contributed by atoms with Crippen molar-refractivity contribution in [1.29, 1.82) is 0 Å². The number of nitrogens with one attached hydrogen (secondary N) is 2. The molecule has 0 fully saturated rings. The maximum absolute atomic E-state index is 10.8. The minimum absolute atomic E-state index is 0.0521. The fourth-order valence-electron chi connectivity index (χ4n) is 2.00. The fraction of sp³-hybridized carbons (Fsp3) is 0.0556. The Bertz CT molecular complexity index is 914. The SMILES string of the molecule is CC(=O)Nc1ccc(C(=O)O)cc1.O=c1ccc2ccccc2[nH]1. The van der Waals surface area contributed by atoms with Crippen molar-refractivity contribution in [3.05, 3.63) is 76.6 Å². The van der Waals surface area contributed by atoms with Crippen LogP contribution in [0.4, 0.5) is 5.69 Å². The summed E-state index contributed by atoms with van der Waals surface area (Å²) in [6, 6.07) is 17.0. The van der Waals surface area contributed by atoms with Crippen LogP contribution in [0.2, 0.25) is 0 Å². The molecule has 0 spiro atoms. The number of aromatic nitrogens is 1. The number of benzene rings is 2. The molecule has 0 saturated carbocycles. The van der Waals surface area contributed by atoms with Gasteiger partial charge in [0.05, 0.1) is 5.56 Å². The molecule has 6 nitrogen and oxygen atoms in total. The fourth-order valence-corrected chi connectivity index (χ4v) is 2.00. The number of carbonyl (C=O) groups excluding carboxylic acids is 1. The minimum Gasteiger partial charge on any atom is -0.478 e. The van der Waals surface area contributed by atoms with E-state index in [1.54, 1.807) is 12.1 Å². The van der Waals surface area contributed by atoms with Gasteiger partial charge in [-0.3, -0.25) is 9.59 Å². The molecule has 3 N–H and O–H groups in total. The van der Waals surface area contributed by atoms with E-state index in [-0.39, 0.29) is 17.0 Å². The first kappa shape index (κ1) is 17.0. The Hall–Kier alpha value is -3.41. The van der Waals surface area contributed by atoms with E-state index in [2.05, 4.69) is 10.3 Å². The summed E-state index contributed by atoms with van der Waals surface area (Å²) in [5, 5.41) is 12.2. The van der Waals surface area contributed by atoms with Crippen molar-refractivity contribution in [2.24, 2.45) is 0 Å². The molecule has 3 aromatic rings. The van der Waals surface area contributed by atoms with Gasteiger partial charge in [0.25, 0.3) is 0 Å². The number of rotatable bonds is 2. The predicted molar refractivity (Wildman–Crippen MR) is 92.3 cm³/mol. The summed E-state index contributed by atoms with van der Waals surface area (Å²) in [5.41, 5.74) is 1.63. The maximum atomic E-state index is 10.8. The molecule has 1 heterocycles. The second kappa shape index (κ2) is 7.73. The van der Waals surface area contributed by atoms with E-state index in [1.165, 1.54) is 25.1 Å². The Balaban J connectivity index is 0.000000175. The predicted octanol–water partition coefficient (Wildman–Crippen LogP) is 2.87. The molecule has 0 bridgehead atoms. The van der Waals surface area contributed by atoms with Crippen LogP contribution in [-0.4, -0.2) is 22.0 Å². The molecule has 6 heteroatoms. The Morgan fingerprint density at radius 3 is 2.25 bits per heavy atom. The van der Waals surface area contributed by atoms with Crippen LogP contribution >= 0.6 is 0 Å². The molecule has 0 aliphatic carbocycles. The van der Waals surface area contributed by atoms with Crippen LogP contribution < -0.4 is 10.9 Å². The molecular formula is C18H16N2O4. The molecule has 24 heavy (non-hydrogen) atoms. The second-order valence-corrected chi connectivity index (χ2v) is 4.97. The van der Waals surface area contributed by atoms with Crippen LogP contribution in [0.25, 0.3) is 10.9 Å². The lowest BCUT2D eigenvalue weighted by molar-refractivity contribution is -0.114. The van der Waals surface area contributed by atoms with Crippen LogP contribution in [0.3, 0.4) is 0 Å². The van der Waals surface area contributed by atoms with Crippen molar-refractivity contribution in [2.45, 2.75) is 6.92 Å². The Labute approximate surface area is 137 Å². The molecule has 2 aromatic carbocycles. The van der Waals surface area contributed by atoms with Crippen LogP contribution in [-0.2, 0) is 4.79 Å². The van der Waals surface area contributed by atoms with E-state index in [0.29, 0.717) is 5.69 Å². The number of hydrogen-bond donors (Lipinski definition) is 3. The van der Waals surface area contributed by atoms with E-state index in [1.807, 2.05) is 30.3 Å². The molecule has 1 amide bonds. The molecular weight excluding hydrogens is 308 g/mol. The topological polar surface area (TPSA) is 99.3 Å². The zero-order valence-corrected chi connectivity index (χ0v) is 12.9. The highest BCUT2D eigenvalue weighted by Gasteiger charge is 2.01. The molecule has 0 atom stereocenters. The highest BCUT2D eigenvalue weighted by Crippen LogP contribution is 2.09. The highest BCUT2D eigenvalue weighted by atomic mass is 16.4. The van der Waals surface area contributed by atoms with Crippen molar-refractivity contribution in [2.75, 3.05) is 5.32 Å². The average Bonchev–Trinajstić information content (AvgIpc) is 2.55. The molecule has 0 aliphatic rings. The van der Waals surface area contributed by atoms with Crippen molar-refractivity contribution in [1.82, 2.24) is 4.98 Å². The van der Waals surface area contributed by atoms with Crippen molar-refractivity contribution in [3.8, 4) is 0 Å². The summed E-state index contributed by atoms with van der Waals surface area (Å²) in [6.07, 6.45) is 0. The number of carbonyl (C=O) groups is 2. The molecule has 0 aliphatic heterocycles. The van der Waals surface area contributed by atoms with Crippen molar-refractivity contribution in [3.63, 3.8) is 0 Å². The van der Waals surface area contributed by atoms with E-state index in [9.17, 15) is 14.4 Å². The first-order chi connectivity index (χ1) is 11.5. The van der Waals surface area contributed by atoms with E-state index in [4.69, 9.17) is 5.11 Å². The maximum Gasteiger partial charge on any atom is 0.335 e. The van der Waals surface area contributed by atoms with Gasteiger partial charge in [0, 0.05) is 24.2 Å². The quantitative estimate of drug-likeness (QED) is 0.675. The summed E-state index contributed by atoms with van der Waals surface area (Å²) in [4.78, 5) is 34.6. The molecule has 0 radical (unpaired) electrons. The van der Waals surface area contributed by atoms with Gasteiger partial charge in [-0.1, -0.05) is 18.2 Å². The molecule has 3 rings (SSSR count). The third kappa shape index (κ3) is 4.81. The van der Waals surface area contributed by atoms with Crippen molar-refractivity contribution >= 4 is 28.5 Å². The van der Waals surface area contributed by atoms with Crippen LogP contribution in [0, 0.1) is 0 Å². The zero-order valence-electron chi connectivity index (χ0n) is 12.9. The number of fused-ring (bicyclic) bond motifs is 1. The standard InChI is InChI=1S/C9H9NO3.C9H7NO/c1-6(11)10-8-4-2-7(3-5-8)9(12)13;11-9-6-5-7-3-1-2-4-8(7)10-9/h2-5H,1H3,(H,10,11)(H,12,13);1-6H,(H,10,11). The number of hydrogen-bond acceptors (Lipinski definition) is 3. The van der Waals surface area contributed by atoms with Crippen LogP contribution in [0.5, 0.6) is 0 Å². The number of pyridine rings is 1. The van der Waals surface area contributed by atoms with Gasteiger partial charge in [-0.2, -0.15) is 0 Å². The van der Waals surface area contributed by atoms with Gasteiger partial charge in [-0.15, -0.1) is 0 Å². The first-order valence-electron chi connectivity index (χ1n) is 7.15. The van der Waals surface area contributed by atoms with E-state index >= 15 is 0 Å². The third-order valence-electron chi connectivity index (χ3n) is 3.09. The Morgan fingerprint density at radius 2 is 1.62 bits per heavy atom. The number of para-hydroxylation sites is 1. The lowest BCUT2D eigenvalue weighted by Crippen LogP contribution is -2.05.